The topological polar surface area (TPSA) is 82.1 Å². The number of hydrogen-bond acceptors (Lipinski definition) is 6. The van der Waals surface area contributed by atoms with Crippen LogP contribution in [0.1, 0.15) is 104 Å². The number of anilines is 2. The molecule has 0 amide bonds. The molecule has 3 atom stereocenters. The molecule has 5 aliphatic rings. The van der Waals surface area contributed by atoms with Gasteiger partial charge in [-0.3, -0.25) is 4.90 Å². The van der Waals surface area contributed by atoms with Crippen LogP contribution in [0.3, 0.4) is 0 Å². The lowest BCUT2D eigenvalue weighted by molar-refractivity contribution is 0.181. The Labute approximate surface area is 238 Å². The summed E-state index contributed by atoms with van der Waals surface area (Å²) in [7, 11) is 0. The quantitative estimate of drug-likeness (QED) is 0.508. The van der Waals surface area contributed by atoms with E-state index in [1.54, 1.807) is 0 Å². The van der Waals surface area contributed by atoms with Crippen molar-refractivity contribution >= 4 is 11.5 Å². The first-order valence-corrected chi connectivity index (χ1v) is 15.8. The molecular weight excluding hydrogens is 499 g/mol. The third kappa shape index (κ3) is 4.38. The van der Waals surface area contributed by atoms with Crippen molar-refractivity contribution in [3.8, 4) is 6.07 Å². The summed E-state index contributed by atoms with van der Waals surface area (Å²) in [6, 6.07) is 6.55. The monoisotopic (exact) mass is 542 g/mol. The first kappa shape index (κ1) is 26.2. The molecule has 2 N–H and O–H groups in total. The van der Waals surface area contributed by atoms with Crippen LogP contribution in [0.15, 0.2) is 12.1 Å². The van der Waals surface area contributed by atoms with Crippen LogP contribution in [-0.2, 0) is 31.1 Å². The van der Waals surface area contributed by atoms with Gasteiger partial charge in [0.2, 0.25) is 0 Å². The summed E-state index contributed by atoms with van der Waals surface area (Å²) >= 11 is 0. The third-order valence-corrected chi connectivity index (χ3v) is 11.0. The van der Waals surface area contributed by atoms with Gasteiger partial charge < -0.3 is 10.6 Å². The number of nitrogens with two attached hydrogens (primary N) is 1. The van der Waals surface area contributed by atoms with Gasteiger partial charge in [0.1, 0.15) is 23.9 Å². The molecule has 3 fully saturated rings. The maximum atomic E-state index is 14.5. The van der Waals surface area contributed by atoms with E-state index in [2.05, 4.69) is 21.9 Å². The van der Waals surface area contributed by atoms with Gasteiger partial charge in [0.15, 0.2) is 0 Å². The second-order valence-electron chi connectivity index (χ2n) is 13.4. The van der Waals surface area contributed by atoms with Crippen LogP contribution < -0.4 is 10.6 Å². The molecule has 1 aromatic heterocycles. The highest BCUT2D eigenvalue weighted by Gasteiger charge is 2.48. The second-order valence-corrected chi connectivity index (χ2v) is 13.4. The van der Waals surface area contributed by atoms with Gasteiger partial charge in [0.25, 0.3) is 0 Å². The predicted molar refractivity (Wildman–Crippen MR) is 156 cm³/mol. The van der Waals surface area contributed by atoms with Crippen molar-refractivity contribution in [2.45, 2.75) is 113 Å². The van der Waals surface area contributed by atoms with Crippen molar-refractivity contribution in [2.24, 2.45) is 0 Å². The number of benzene rings is 1. The fourth-order valence-electron chi connectivity index (χ4n) is 9.12. The number of aromatic nitrogens is 2. The van der Waals surface area contributed by atoms with Gasteiger partial charge >= 0.3 is 0 Å². The van der Waals surface area contributed by atoms with Crippen LogP contribution >= 0.6 is 0 Å². The molecule has 3 saturated heterocycles. The van der Waals surface area contributed by atoms with Crippen LogP contribution in [0, 0.1) is 11.3 Å². The van der Waals surface area contributed by atoms with Gasteiger partial charge in [-0.15, -0.1) is 0 Å². The Hall–Kier alpha value is -2.72. The number of nitrogens with zero attached hydrogens (tertiary/aromatic N) is 5. The summed E-state index contributed by atoms with van der Waals surface area (Å²) in [4.78, 5) is 15.6. The van der Waals surface area contributed by atoms with E-state index < -0.39 is 6.17 Å². The van der Waals surface area contributed by atoms with Crippen LogP contribution in [0.4, 0.5) is 15.9 Å². The van der Waals surface area contributed by atoms with Crippen molar-refractivity contribution in [3.63, 3.8) is 0 Å². The minimum Gasteiger partial charge on any atom is -0.398 e. The van der Waals surface area contributed by atoms with Crippen LogP contribution in [0.25, 0.3) is 0 Å². The normalized spacial score (nSPS) is 30.0. The summed E-state index contributed by atoms with van der Waals surface area (Å²) < 4.78 is 14.5. The van der Waals surface area contributed by atoms with Gasteiger partial charge in [-0.2, -0.15) is 5.26 Å². The zero-order valence-corrected chi connectivity index (χ0v) is 23.9. The molecule has 1 aromatic carbocycles. The highest BCUT2D eigenvalue weighted by Crippen LogP contribution is 2.50. The molecule has 4 heterocycles. The minimum atomic E-state index is -0.703. The molecule has 0 bridgehead atoms. The summed E-state index contributed by atoms with van der Waals surface area (Å²) in [6.07, 6.45) is 15.0. The maximum absolute atomic E-state index is 14.5. The first-order valence-electron chi connectivity index (χ1n) is 15.8. The number of hydrogen-bond donors (Lipinski definition) is 1. The number of nitriles is 1. The van der Waals surface area contributed by atoms with E-state index in [0.29, 0.717) is 24.2 Å². The molecule has 40 heavy (non-hydrogen) atoms. The summed E-state index contributed by atoms with van der Waals surface area (Å²) in [6.45, 7) is 3.74. The van der Waals surface area contributed by atoms with Gasteiger partial charge in [0.05, 0.1) is 11.3 Å². The average molecular weight is 543 g/mol. The van der Waals surface area contributed by atoms with Gasteiger partial charge in [0, 0.05) is 48.3 Å². The number of fused-ring (bicyclic) bond motifs is 4. The Kier molecular flexibility index (Phi) is 6.73. The lowest BCUT2D eigenvalue weighted by Crippen LogP contribution is -2.40. The number of alkyl halides is 1. The van der Waals surface area contributed by atoms with E-state index in [9.17, 15) is 9.65 Å². The molecule has 2 aliphatic carbocycles. The van der Waals surface area contributed by atoms with E-state index >= 15 is 0 Å². The fraction of sp³-hybridized carbons (Fsp3) is 0.667. The summed E-state index contributed by atoms with van der Waals surface area (Å²) in [5.41, 5.74) is 12.6. The SMILES string of the molecule is N#Cc1c(N)ccc2c1C1(CCC2)CCc2c(nc(CC[C@@]34CCCN3CC(F)C4)nc2N2CCCCCC2)C1. The minimum absolute atomic E-state index is 0.00972. The van der Waals surface area contributed by atoms with Crippen molar-refractivity contribution in [1.29, 1.82) is 5.26 Å². The highest BCUT2D eigenvalue weighted by atomic mass is 19.1. The first-order chi connectivity index (χ1) is 19.5. The van der Waals surface area contributed by atoms with E-state index in [1.807, 2.05) is 6.07 Å². The molecule has 0 saturated carbocycles. The number of nitrogen functional groups attached to an aromatic ring is 1. The van der Waals surface area contributed by atoms with E-state index in [4.69, 9.17) is 15.7 Å². The molecule has 1 spiro atoms. The van der Waals surface area contributed by atoms with E-state index in [-0.39, 0.29) is 11.0 Å². The van der Waals surface area contributed by atoms with Crippen molar-refractivity contribution < 1.29 is 4.39 Å². The number of aryl methyl sites for hydroxylation is 2. The molecule has 2 unspecified atom stereocenters. The third-order valence-electron chi connectivity index (χ3n) is 11.0. The highest BCUT2D eigenvalue weighted by molar-refractivity contribution is 5.64. The van der Waals surface area contributed by atoms with Crippen molar-refractivity contribution in [1.82, 2.24) is 14.9 Å². The largest absolute Gasteiger partial charge is 0.398 e. The molecule has 7 rings (SSSR count). The lowest BCUT2D eigenvalue weighted by atomic mass is 9.61. The molecule has 0 radical (unpaired) electrons. The fourth-order valence-corrected chi connectivity index (χ4v) is 9.12. The Morgan fingerprint density at radius 2 is 1.85 bits per heavy atom. The smallest absolute Gasteiger partial charge is 0.135 e. The lowest BCUT2D eigenvalue weighted by Gasteiger charge is -2.44. The van der Waals surface area contributed by atoms with Gasteiger partial charge in [-0.1, -0.05) is 18.9 Å². The molecule has 212 valence electrons. The Bertz CT molecular complexity index is 1330. The van der Waals surface area contributed by atoms with E-state index in [0.717, 1.165) is 89.1 Å². The zero-order valence-electron chi connectivity index (χ0n) is 23.9. The predicted octanol–water partition coefficient (Wildman–Crippen LogP) is 5.58. The Morgan fingerprint density at radius 3 is 2.67 bits per heavy atom. The Morgan fingerprint density at radius 1 is 1.00 bits per heavy atom. The second kappa shape index (κ2) is 10.3. The molecular formula is C33H43FN6. The Balaban J connectivity index is 1.27. The van der Waals surface area contributed by atoms with Crippen LogP contribution in [-0.4, -0.2) is 52.8 Å². The molecule has 6 nitrogen and oxygen atoms in total. The zero-order chi connectivity index (χ0) is 27.3. The van der Waals surface area contributed by atoms with E-state index in [1.165, 1.54) is 54.5 Å². The van der Waals surface area contributed by atoms with Gasteiger partial charge in [-0.05, 0) is 101 Å². The standard InChI is InChI=1S/C33H43FN6/c34-24-19-33(13-6-18-40(33)22-24)15-11-29-37-28-20-32(12-5-7-23-8-9-27(36)26(21-35)30(23)32)14-10-25(28)31(38-29)39-16-3-1-2-4-17-39/h8-9,24H,1-7,10-20,22,36H2/t24?,32?,33-/m1/s1. The van der Waals surface area contributed by atoms with Crippen molar-refractivity contribution in [3.05, 3.63) is 45.9 Å². The molecule has 2 aromatic rings. The summed E-state index contributed by atoms with van der Waals surface area (Å²) in [5.74, 6) is 2.10. The molecule has 3 aliphatic heterocycles. The number of rotatable bonds is 4. The maximum Gasteiger partial charge on any atom is 0.135 e. The van der Waals surface area contributed by atoms with Crippen LogP contribution in [0.2, 0.25) is 0 Å². The average Bonchev–Trinajstić information content (AvgIpc) is 3.33. The molecule has 7 heteroatoms. The van der Waals surface area contributed by atoms with Gasteiger partial charge in [-0.25, -0.2) is 14.4 Å². The summed E-state index contributed by atoms with van der Waals surface area (Å²) in [5, 5.41) is 10.1. The van der Waals surface area contributed by atoms with Crippen molar-refractivity contribution in [2.75, 3.05) is 36.8 Å². The van der Waals surface area contributed by atoms with Crippen LogP contribution in [0.5, 0.6) is 0 Å². The number of halogens is 1.